The minimum atomic E-state index is -0.348. The molecule has 20 heavy (non-hydrogen) atoms. The van der Waals surface area contributed by atoms with E-state index in [9.17, 15) is 4.39 Å². The molecule has 0 spiro atoms. The molecule has 0 N–H and O–H groups in total. The number of hydrogen-bond donors (Lipinski definition) is 0. The Labute approximate surface area is 115 Å². The maximum absolute atomic E-state index is 13.7. The Kier molecular flexibility index (Phi) is 3.02. The number of rotatable bonds is 3. The molecule has 0 radical (unpaired) electrons. The number of ether oxygens (including phenoxy) is 2. The van der Waals surface area contributed by atoms with Gasteiger partial charge in [0.15, 0.2) is 23.0 Å². The maximum Gasteiger partial charge on any atom is 0.173 e. The molecule has 0 amide bonds. The molecule has 0 aliphatic carbocycles. The highest BCUT2D eigenvalue weighted by atomic mass is 19.1. The van der Waals surface area contributed by atoms with Crippen LogP contribution in [0.15, 0.2) is 42.7 Å². The van der Waals surface area contributed by atoms with E-state index in [0.717, 1.165) is 5.56 Å². The van der Waals surface area contributed by atoms with E-state index in [4.69, 9.17) is 9.47 Å². The zero-order valence-corrected chi connectivity index (χ0v) is 11.1. The standard InChI is InChI=1S/C15H13FN2O2/c1-19-13-6-5-10(8-14(13)20-2)12-9-18-7-3-4-11(16)15(18)17-12/h3-9H,1-2H3. The Balaban J connectivity index is 2.13. The summed E-state index contributed by atoms with van der Waals surface area (Å²) in [6.45, 7) is 0. The van der Waals surface area contributed by atoms with Crippen LogP contribution >= 0.6 is 0 Å². The van der Waals surface area contributed by atoms with Gasteiger partial charge in [-0.25, -0.2) is 9.37 Å². The van der Waals surface area contributed by atoms with Gasteiger partial charge in [-0.3, -0.25) is 0 Å². The molecule has 4 nitrogen and oxygen atoms in total. The second kappa shape index (κ2) is 4.85. The first-order valence-electron chi connectivity index (χ1n) is 6.08. The van der Waals surface area contributed by atoms with Crippen LogP contribution in [0, 0.1) is 5.82 Å². The second-order valence-electron chi connectivity index (χ2n) is 4.28. The van der Waals surface area contributed by atoms with Crippen molar-refractivity contribution in [3.63, 3.8) is 0 Å². The van der Waals surface area contributed by atoms with E-state index in [1.165, 1.54) is 6.07 Å². The summed E-state index contributed by atoms with van der Waals surface area (Å²) < 4.78 is 25.8. The van der Waals surface area contributed by atoms with Gasteiger partial charge in [0.1, 0.15) is 0 Å². The van der Waals surface area contributed by atoms with Crippen molar-refractivity contribution in [2.75, 3.05) is 14.2 Å². The minimum absolute atomic E-state index is 0.303. The third-order valence-electron chi connectivity index (χ3n) is 3.11. The van der Waals surface area contributed by atoms with Gasteiger partial charge in [-0.1, -0.05) is 0 Å². The number of fused-ring (bicyclic) bond motifs is 1. The first kappa shape index (κ1) is 12.5. The topological polar surface area (TPSA) is 35.8 Å². The molecule has 0 bridgehead atoms. The van der Waals surface area contributed by atoms with Crippen molar-refractivity contribution in [2.24, 2.45) is 0 Å². The summed E-state index contributed by atoms with van der Waals surface area (Å²) in [5, 5.41) is 0. The van der Waals surface area contributed by atoms with Crippen molar-refractivity contribution in [3.05, 3.63) is 48.5 Å². The van der Waals surface area contributed by atoms with Crippen LogP contribution in [0.5, 0.6) is 11.5 Å². The third-order valence-corrected chi connectivity index (χ3v) is 3.11. The van der Waals surface area contributed by atoms with Crippen molar-refractivity contribution in [1.29, 1.82) is 0 Å². The second-order valence-corrected chi connectivity index (χ2v) is 4.28. The summed E-state index contributed by atoms with van der Waals surface area (Å²) in [5.41, 5.74) is 1.82. The van der Waals surface area contributed by atoms with E-state index < -0.39 is 0 Å². The van der Waals surface area contributed by atoms with Crippen LogP contribution in [-0.2, 0) is 0 Å². The quantitative estimate of drug-likeness (QED) is 0.734. The monoisotopic (exact) mass is 272 g/mol. The lowest BCUT2D eigenvalue weighted by molar-refractivity contribution is 0.355. The molecule has 1 aromatic carbocycles. The van der Waals surface area contributed by atoms with Crippen LogP contribution in [-0.4, -0.2) is 23.6 Å². The van der Waals surface area contributed by atoms with E-state index in [0.29, 0.717) is 22.8 Å². The molecule has 0 aliphatic rings. The number of methoxy groups -OCH3 is 2. The van der Waals surface area contributed by atoms with Crippen molar-refractivity contribution in [1.82, 2.24) is 9.38 Å². The van der Waals surface area contributed by atoms with Crippen LogP contribution in [0.3, 0.4) is 0 Å². The van der Waals surface area contributed by atoms with Crippen LogP contribution < -0.4 is 9.47 Å². The fourth-order valence-corrected chi connectivity index (χ4v) is 2.11. The highest BCUT2D eigenvalue weighted by molar-refractivity contribution is 5.66. The van der Waals surface area contributed by atoms with Gasteiger partial charge in [0.05, 0.1) is 19.9 Å². The van der Waals surface area contributed by atoms with Crippen molar-refractivity contribution in [3.8, 4) is 22.8 Å². The molecule has 3 rings (SSSR count). The number of benzene rings is 1. The Bertz CT molecular complexity index is 768. The van der Waals surface area contributed by atoms with Crippen LogP contribution in [0.2, 0.25) is 0 Å². The summed E-state index contributed by atoms with van der Waals surface area (Å²) in [6.07, 6.45) is 3.54. The molecular weight excluding hydrogens is 259 g/mol. The van der Waals surface area contributed by atoms with Gasteiger partial charge >= 0.3 is 0 Å². The van der Waals surface area contributed by atoms with Crippen LogP contribution in [0.25, 0.3) is 16.9 Å². The lowest BCUT2D eigenvalue weighted by atomic mass is 10.1. The van der Waals surface area contributed by atoms with Crippen LogP contribution in [0.1, 0.15) is 0 Å². The van der Waals surface area contributed by atoms with Crippen molar-refractivity contribution in [2.45, 2.75) is 0 Å². The molecule has 0 saturated heterocycles. The van der Waals surface area contributed by atoms with E-state index in [1.807, 2.05) is 12.1 Å². The summed E-state index contributed by atoms with van der Waals surface area (Å²) in [4.78, 5) is 4.30. The van der Waals surface area contributed by atoms with Gasteiger partial charge in [0.25, 0.3) is 0 Å². The normalized spacial score (nSPS) is 10.8. The zero-order valence-electron chi connectivity index (χ0n) is 11.1. The predicted molar refractivity (Wildman–Crippen MR) is 73.7 cm³/mol. The first-order chi connectivity index (χ1) is 9.72. The third kappa shape index (κ3) is 1.97. The molecule has 2 aromatic heterocycles. The Morgan fingerprint density at radius 3 is 2.60 bits per heavy atom. The molecular formula is C15H13FN2O2. The zero-order chi connectivity index (χ0) is 14.1. The number of halogens is 1. The fourth-order valence-electron chi connectivity index (χ4n) is 2.11. The van der Waals surface area contributed by atoms with Gasteiger partial charge in [-0.2, -0.15) is 0 Å². The highest BCUT2D eigenvalue weighted by Gasteiger charge is 2.10. The number of nitrogens with zero attached hydrogens (tertiary/aromatic N) is 2. The van der Waals surface area contributed by atoms with Crippen molar-refractivity contribution < 1.29 is 13.9 Å². The van der Waals surface area contributed by atoms with Gasteiger partial charge < -0.3 is 13.9 Å². The molecule has 0 aliphatic heterocycles. The smallest absolute Gasteiger partial charge is 0.173 e. The number of pyridine rings is 1. The molecule has 0 atom stereocenters. The van der Waals surface area contributed by atoms with E-state index in [-0.39, 0.29) is 5.82 Å². The summed E-state index contributed by atoms with van der Waals surface area (Å²) in [6, 6.07) is 8.51. The average Bonchev–Trinajstić information content (AvgIpc) is 2.92. The summed E-state index contributed by atoms with van der Waals surface area (Å²) in [5.74, 6) is 0.910. The minimum Gasteiger partial charge on any atom is -0.493 e. The van der Waals surface area contributed by atoms with Crippen LogP contribution in [0.4, 0.5) is 4.39 Å². The Hall–Kier alpha value is -2.56. The predicted octanol–water partition coefficient (Wildman–Crippen LogP) is 3.16. The average molecular weight is 272 g/mol. The van der Waals surface area contributed by atoms with E-state index >= 15 is 0 Å². The molecule has 5 heteroatoms. The lowest BCUT2D eigenvalue weighted by Crippen LogP contribution is -1.90. The number of imidazole rings is 1. The molecule has 0 saturated carbocycles. The molecule has 102 valence electrons. The van der Waals surface area contributed by atoms with Gasteiger partial charge in [-0.15, -0.1) is 0 Å². The fraction of sp³-hybridized carbons (Fsp3) is 0.133. The highest BCUT2D eigenvalue weighted by Crippen LogP contribution is 2.32. The van der Waals surface area contributed by atoms with E-state index in [1.54, 1.807) is 43.1 Å². The molecule has 2 heterocycles. The van der Waals surface area contributed by atoms with E-state index in [2.05, 4.69) is 4.98 Å². The number of hydrogen-bond acceptors (Lipinski definition) is 3. The molecule has 0 unspecified atom stereocenters. The van der Waals surface area contributed by atoms with Crippen molar-refractivity contribution >= 4 is 5.65 Å². The molecule has 3 aromatic rings. The lowest BCUT2D eigenvalue weighted by Gasteiger charge is -2.08. The Morgan fingerprint density at radius 1 is 1.10 bits per heavy atom. The largest absolute Gasteiger partial charge is 0.493 e. The van der Waals surface area contributed by atoms with Gasteiger partial charge in [0.2, 0.25) is 0 Å². The first-order valence-corrected chi connectivity index (χ1v) is 6.08. The summed E-state index contributed by atoms with van der Waals surface area (Å²) in [7, 11) is 3.16. The number of aromatic nitrogens is 2. The van der Waals surface area contributed by atoms with Gasteiger partial charge in [0, 0.05) is 18.0 Å². The Morgan fingerprint density at radius 2 is 1.90 bits per heavy atom. The molecule has 0 fully saturated rings. The summed E-state index contributed by atoms with van der Waals surface area (Å²) >= 11 is 0. The SMILES string of the molecule is COc1ccc(-c2cn3cccc(F)c3n2)cc1OC. The van der Waals surface area contributed by atoms with Gasteiger partial charge in [-0.05, 0) is 30.3 Å². The maximum atomic E-state index is 13.7.